The number of hydrogen-bond acceptors (Lipinski definition) is 5. The molecule has 7 heteroatoms. The molecular weight excluding hydrogens is 394 g/mol. The lowest BCUT2D eigenvalue weighted by atomic mass is 9.82. The minimum atomic E-state index is -0.411. The van der Waals surface area contributed by atoms with Gasteiger partial charge in [-0.25, -0.2) is 0 Å². The number of halogens is 2. The van der Waals surface area contributed by atoms with E-state index in [4.69, 9.17) is 10.3 Å². The average Bonchev–Trinajstić information content (AvgIpc) is 2.99. The molecule has 102 valence electrons. The number of rotatable bonds is 2. The summed E-state index contributed by atoms with van der Waals surface area (Å²) in [4.78, 5) is 5.44. The van der Waals surface area contributed by atoms with E-state index in [-0.39, 0.29) is 0 Å². The molecule has 0 aliphatic heterocycles. The van der Waals surface area contributed by atoms with Crippen LogP contribution in [0.2, 0.25) is 0 Å². The first kappa shape index (κ1) is 13.7. The molecule has 2 aromatic heterocycles. The maximum absolute atomic E-state index is 6.41. The van der Waals surface area contributed by atoms with Crippen LogP contribution in [0.5, 0.6) is 0 Å². The molecule has 0 atom stereocenters. The Labute approximate surface area is 132 Å². The van der Waals surface area contributed by atoms with Gasteiger partial charge < -0.3 is 10.3 Å². The molecule has 0 bridgehead atoms. The fraction of sp³-hybridized carbons (Fsp3) is 0.500. The van der Waals surface area contributed by atoms with Gasteiger partial charge in [0.15, 0.2) is 5.82 Å². The molecule has 2 heterocycles. The summed E-state index contributed by atoms with van der Waals surface area (Å²) in [5.74, 6) is 1.18. The van der Waals surface area contributed by atoms with Gasteiger partial charge in [0.05, 0.1) is 14.2 Å². The molecule has 3 rings (SSSR count). The van der Waals surface area contributed by atoms with Crippen molar-refractivity contribution in [1.82, 2.24) is 10.1 Å². The van der Waals surface area contributed by atoms with Crippen LogP contribution in [0.25, 0.3) is 10.8 Å². The number of thiophene rings is 1. The third-order valence-corrected chi connectivity index (χ3v) is 6.72. The van der Waals surface area contributed by atoms with Crippen molar-refractivity contribution in [1.29, 1.82) is 0 Å². The Morgan fingerprint density at radius 2 is 2.00 bits per heavy atom. The summed E-state index contributed by atoms with van der Waals surface area (Å²) in [6, 6.07) is 1.97. The standard InChI is InChI=1S/C12H13Br2N3OS/c13-7-6-8(19-9(7)14)10-16-11(17-18-10)12(15)4-2-1-3-5-12/h6H,1-5,15H2. The van der Waals surface area contributed by atoms with Crippen molar-refractivity contribution in [2.24, 2.45) is 5.73 Å². The minimum absolute atomic E-state index is 0.411. The van der Waals surface area contributed by atoms with Crippen LogP contribution in [0.3, 0.4) is 0 Å². The molecule has 1 aliphatic rings. The Hall–Kier alpha value is -0.240. The van der Waals surface area contributed by atoms with Gasteiger partial charge in [-0.15, -0.1) is 11.3 Å². The Bertz CT molecular complexity index is 570. The Kier molecular flexibility index (Phi) is 3.81. The fourth-order valence-electron chi connectivity index (χ4n) is 2.38. The molecule has 1 aliphatic carbocycles. The van der Waals surface area contributed by atoms with Crippen LogP contribution in [-0.2, 0) is 5.54 Å². The van der Waals surface area contributed by atoms with Gasteiger partial charge in [-0.2, -0.15) is 4.98 Å². The minimum Gasteiger partial charge on any atom is -0.333 e. The lowest BCUT2D eigenvalue weighted by Gasteiger charge is -2.29. The van der Waals surface area contributed by atoms with Crippen molar-refractivity contribution in [2.75, 3.05) is 0 Å². The molecule has 0 saturated heterocycles. The van der Waals surface area contributed by atoms with Crippen LogP contribution in [0.15, 0.2) is 18.8 Å². The van der Waals surface area contributed by atoms with Crippen molar-refractivity contribution in [3.05, 3.63) is 20.1 Å². The zero-order valence-corrected chi connectivity index (χ0v) is 14.1. The zero-order valence-electron chi connectivity index (χ0n) is 10.2. The van der Waals surface area contributed by atoms with Crippen molar-refractivity contribution >= 4 is 43.2 Å². The molecule has 0 amide bonds. The molecule has 0 unspecified atom stereocenters. The molecule has 0 aromatic carbocycles. The van der Waals surface area contributed by atoms with Crippen LogP contribution in [0, 0.1) is 0 Å². The van der Waals surface area contributed by atoms with Crippen molar-refractivity contribution in [3.8, 4) is 10.8 Å². The van der Waals surface area contributed by atoms with Gasteiger partial charge in [0, 0.05) is 4.47 Å². The third-order valence-electron chi connectivity index (χ3n) is 3.47. The summed E-state index contributed by atoms with van der Waals surface area (Å²) in [6.45, 7) is 0. The molecule has 0 radical (unpaired) electrons. The highest BCUT2D eigenvalue weighted by atomic mass is 79.9. The Balaban J connectivity index is 1.90. The highest BCUT2D eigenvalue weighted by Gasteiger charge is 2.34. The number of nitrogens with zero attached hydrogens (tertiary/aromatic N) is 2. The van der Waals surface area contributed by atoms with Gasteiger partial charge in [-0.3, -0.25) is 0 Å². The fourth-order valence-corrected chi connectivity index (χ4v) is 4.34. The van der Waals surface area contributed by atoms with Gasteiger partial charge in [0.2, 0.25) is 0 Å². The second-order valence-corrected chi connectivity index (χ2v) is 8.10. The van der Waals surface area contributed by atoms with Crippen molar-refractivity contribution in [2.45, 2.75) is 37.6 Å². The smallest absolute Gasteiger partial charge is 0.268 e. The van der Waals surface area contributed by atoms with Crippen LogP contribution in [0.1, 0.15) is 37.9 Å². The number of nitrogens with two attached hydrogens (primary N) is 1. The largest absolute Gasteiger partial charge is 0.333 e. The first-order valence-corrected chi connectivity index (χ1v) is 8.57. The van der Waals surface area contributed by atoms with E-state index in [0.717, 1.165) is 38.8 Å². The van der Waals surface area contributed by atoms with Crippen LogP contribution >= 0.6 is 43.2 Å². The highest BCUT2D eigenvalue weighted by molar-refractivity contribution is 9.13. The van der Waals surface area contributed by atoms with Gasteiger partial charge in [-0.1, -0.05) is 24.4 Å². The van der Waals surface area contributed by atoms with E-state index >= 15 is 0 Å². The second-order valence-electron chi connectivity index (χ2n) is 4.87. The molecule has 19 heavy (non-hydrogen) atoms. The predicted molar refractivity (Wildman–Crippen MR) is 82.0 cm³/mol. The zero-order chi connectivity index (χ0) is 13.5. The maximum atomic E-state index is 6.41. The quantitative estimate of drug-likeness (QED) is 0.800. The van der Waals surface area contributed by atoms with Gasteiger partial charge in [0.1, 0.15) is 0 Å². The van der Waals surface area contributed by atoms with Gasteiger partial charge >= 0.3 is 0 Å². The van der Waals surface area contributed by atoms with E-state index < -0.39 is 5.54 Å². The number of aromatic nitrogens is 2. The van der Waals surface area contributed by atoms with Gasteiger partial charge in [0.25, 0.3) is 5.89 Å². The van der Waals surface area contributed by atoms with Gasteiger partial charge in [-0.05, 0) is 50.8 Å². The molecule has 0 spiro atoms. The first-order valence-electron chi connectivity index (χ1n) is 6.17. The average molecular weight is 407 g/mol. The Morgan fingerprint density at radius 3 is 2.63 bits per heavy atom. The van der Waals surface area contributed by atoms with Crippen LogP contribution in [-0.4, -0.2) is 10.1 Å². The predicted octanol–water partition coefficient (Wildman–Crippen LogP) is 4.44. The lowest BCUT2D eigenvalue weighted by molar-refractivity contribution is 0.275. The monoisotopic (exact) mass is 405 g/mol. The Morgan fingerprint density at radius 1 is 1.26 bits per heavy atom. The summed E-state index contributed by atoms with van der Waals surface area (Å²) >= 11 is 8.48. The molecule has 1 fully saturated rings. The third kappa shape index (κ3) is 2.66. The molecule has 2 N–H and O–H groups in total. The molecule has 2 aromatic rings. The normalized spacial score (nSPS) is 18.7. The summed E-state index contributed by atoms with van der Waals surface area (Å²) in [5, 5.41) is 4.09. The molecule has 4 nitrogen and oxygen atoms in total. The second kappa shape index (κ2) is 5.27. The van der Waals surface area contributed by atoms with Crippen LogP contribution < -0.4 is 5.73 Å². The maximum Gasteiger partial charge on any atom is 0.268 e. The van der Waals surface area contributed by atoms with E-state index in [1.165, 1.54) is 6.42 Å². The van der Waals surface area contributed by atoms with E-state index in [2.05, 4.69) is 42.0 Å². The first-order chi connectivity index (χ1) is 9.08. The summed E-state index contributed by atoms with van der Waals surface area (Å²) < 4.78 is 7.37. The lowest BCUT2D eigenvalue weighted by Crippen LogP contribution is -2.39. The van der Waals surface area contributed by atoms with E-state index in [1.807, 2.05) is 6.07 Å². The summed E-state index contributed by atoms with van der Waals surface area (Å²) in [6.07, 6.45) is 5.38. The molecular formula is C12H13Br2N3OS. The summed E-state index contributed by atoms with van der Waals surface area (Å²) in [5.41, 5.74) is 6.00. The highest BCUT2D eigenvalue weighted by Crippen LogP contribution is 2.39. The SMILES string of the molecule is NC1(c2noc(-c3cc(Br)c(Br)s3)n2)CCCCC1. The summed E-state index contributed by atoms with van der Waals surface area (Å²) in [7, 11) is 0. The van der Waals surface area contributed by atoms with Crippen molar-refractivity contribution in [3.63, 3.8) is 0 Å². The van der Waals surface area contributed by atoms with E-state index in [9.17, 15) is 0 Å². The number of hydrogen-bond donors (Lipinski definition) is 1. The topological polar surface area (TPSA) is 64.9 Å². The van der Waals surface area contributed by atoms with Crippen molar-refractivity contribution < 1.29 is 4.52 Å². The van der Waals surface area contributed by atoms with Crippen LogP contribution in [0.4, 0.5) is 0 Å². The molecule has 1 saturated carbocycles. The van der Waals surface area contributed by atoms with E-state index in [1.54, 1.807) is 11.3 Å². The van der Waals surface area contributed by atoms with E-state index in [0.29, 0.717) is 11.7 Å².